The van der Waals surface area contributed by atoms with Crippen LogP contribution in [-0.4, -0.2) is 78.7 Å². The molecule has 7 N–H and O–H groups in total. The molecule has 3 unspecified atom stereocenters. The minimum atomic E-state index is -4.82. The molecule has 5 atom stereocenters. The van der Waals surface area contributed by atoms with E-state index in [0.717, 1.165) is 0 Å². The van der Waals surface area contributed by atoms with Gasteiger partial charge in [-0.1, -0.05) is 0 Å². The van der Waals surface area contributed by atoms with Crippen LogP contribution in [0.1, 0.15) is 0 Å². The van der Waals surface area contributed by atoms with E-state index >= 15 is 0 Å². The van der Waals surface area contributed by atoms with E-state index in [1.54, 1.807) is 0 Å². The van der Waals surface area contributed by atoms with Gasteiger partial charge in [0, 0.05) is 0 Å². The molecule has 18 heavy (non-hydrogen) atoms. The summed E-state index contributed by atoms with van der Waals surface area (Å²) in [7, 11) is -4.82. The maximum absolute atomic E-state index is 10.5. The molecule has 1 aliphatic heterocycles. The van der Waals surface area contributed by atoms with E-state index in [4.69, 9.17) is 19.6 Å². The van der Waals surface area contributed by atoms with E-state index in [1.165, 1.54) is 0 Å². The fraction of sp³-hybridized carbons (Fsp3) is 1.00. The molecule has 0 aliphatic carbocycles. The van der Waals surface area contributed by atoms with Gasteiger partial charge < -0.3 is 40.1 Å². The van der Waals surface area contributed by atoms with Crippen LogP contribution in [0.4, 0.5) is 0 Å². The standard InChI is InChI=1S/C7H15O10P/c8-2-7(12)6(11)5(10)4(9)3(17-7)1-16-18(13,14)15/h3-6,8-12H,1-2H2,(H2,13,14,15)/t3-,4?,5?,6?,7+/m1/s1. The van der Waals surface area contributed by atoms with Gasteiger partial charge in [0.2, 0.25) is 5.79 Å². The Balaban J connectivity index is 2.77. The van der Waals surface area contributed by atoms with Gasteiger partial charge in [-0.3, -0.25) is 4.52 Å². The molecular formula is C7H15O10P. The van der Waals surface area contributed by atoms with Crippen molar-refractivity contribution < 1.29 is 49.1 Å². The lowest BCUT2D eigenvalue weighted by molar-refractivity contribution is -0.357. The van der Waals surface area contributed by atoms with Crippen molar-refractivity contribution in [1.29, 1.82) is 0 Å². The molecule has 11 heteroatoms. The summed E-state index contributed by atoms with van der Waals surface area (Å²) < 4.78 is 19.2. The Morgan fingerprint density at radius 3 is 2.22 bits per heavy atom. The van der Waals surface area contributed by atoms with Gasteiger partial charge >= 0.3 is 7.82 Å². The van der Waals surface area contributed by atoms with Crippen molar-refractivity contribution in [3.63, 3.8) is 0 Å². The van der Waals surface area contributed by atoms with Crippen molar-refractivity contribution >= 4 is 7.82 Å². The highest BCUT2D eigenvalue weighted by Gasteiger charge is 2.52. The first kappa shape index (κ1) is 15.9. The van der Waals surface area contributed by atoms with E-state index in [-0.39, 0.29) is 0 Å². The minimum Gasteiger partial charge on any atom is -0.391 e. The molecular weight excluding hydrogens is 275 g/mol. The van der Waals surface area contributed by atoms with Gasteiger partial charge in [0.25, 0.3) is 0 Å². The zero-order chi connectivity index (χ0) is 14.1. The summed E-state index contributed by atoms with van der Waals surface area (Å²) in [6.07, 6.45) is -7.14. The van der Waals surface area contributed by atoms with Crippen molar-refractivity contribution in [2.45, 2.75) is 30.2 Å². The van der Waals surface area contributed by atoms with Crippen LogP contribution in [-0.2, 0) is 13.8 Å². The first-order valence-electron chi connectivity index (χ1n) is 4.86. The average Bonchev–Trinajstić information content (AvgIpc) is 2.28. The molecule has 1 heterocycles. The molecule has 0 aromatic carbocycles. The highest BCUT2D eigenvalue weighted by Crippen LogP contribution is 2.37. The van der Waals surface area contributed by atoms with Crippen molar-refractivity contribution in [3.8, 4) is 0 Å². The fourth-order valence-corrected chi connectivity index (χ4v) is 1.85. The number of hydrogen-bond donors (Lipinski definition) is 7. The van der Waals surface area contributed by atoms with E-state index in [1.807, 2.05) is 0 Å². The molecule has 1 aliphatic rings. The third-order valence-corrected chi connectivity index (χ3v) is 2.99. The van der Waals surface area contributed by atoms with Crippen LogP contribution < -0.4 is 0 Å². The summed E-state index contributed by atoms with van der Waals surface area (Å²) >= 11 is 0. The average molecular weight is 290 g/mol. The summed E-state index contributed by atoms with van der Waals surface area (Å²) in [6, 6.07) is 0. The largest absolute Gasteiger partial charge is 0.469 e. The van der Waals surface area contributed by atoms with E-state index in [9.17, 15) is 25.0 Å². The molecule has 0 spiro atoms. The number of rotatable bonds is 4. The molecule has 1 rings (SSSR count). The maximum atomic E-state index is 10.5. The van der Waals surface area contributed by atoms with Gasteiger partial charge in [0.05, 0.1) is 13.2 Å². The number of phosphoric ester groups is 1. The summed E-state index contributed by atoms with van der Waals surface area (Å²) in [5, 5.41) is 46.7. The third-order valence-electron chi connectivity index (χ3n) is 2.51. The molecule has 0 radical (unpaired) electrons. The molecule has 0 bridgehead atoms. The third kappa shape index (κ3) is 3.45. The second-order valence-electron chi connectivity index (χ2n) is 3.87. The summed E-state index contributed by atoms with van der Waals surface area (Å²) in [4.78, 5) is 16.9. The molecule has 0 amide bonds. The van der Waals surface area contributed by atoms with E-state index < -0.39 is 51.2 Å². The predicted molar refractivity (Wildman–Crippen MR) is 52.9 cm³/mol. The molecule has 1 fully saturated rings. The second kappa shape index (κ2) is 5.47. The molecule has 108 valence electrons. The fourth-order valence-electron chi connectivity index (χ4n) is 1.51. The van der Waals surface area contributed by atoms with Crippen LogP contribution in [0.25, 0.3) is 0 Å². The normalized spacial score (nSPS) is 41.9. The maximum Gasteiger partial charge on any atom is 0.469 e. The lowest BCUT2D eigenvalue weighted by atomic mass is 9.93. The Morgan fingerprint density at radius 1 is 1.22 bits per heavy atom. The van der Waals surface area contributed by atoms with Crippen LogP contribution in [0.5, 0.6) is 0 Å². The topological polar surface area (TPSA) is 177 Å². The highest BCUT2D eigenvalue weighted by atomic mass is 31.2. The van der Waals surface area contributed by atoms with Gasteiger partial charge in [-0.15, -0.1) is 0 Å². The first-order chi connectivity index (χ1) is 8.10. The zero-order valence-electron chi connectivity index (χ0n) is 9.03. The number of ether oxygens (including phenoxy) is 1. The molecule has 0 saturated carbocycles. The summed E-state index contributed by atoms with van der Waals surface area (Å²) in [5.74, 6) is -2.55. The minimum absolute atomic E-state index is 0.850. The van der Waals surface area contributed by atoms with Gasteiger partial charge in [0.1, 0.15) is 24.4 Å². The summed E-state index contributed by atoms with van der Waals surface area (Å²) in [6.45, 7) is -1.94. The van der Waals surface area contributed by atoms with Crippen LogP contribution >= 0.6 is 7.82 Å². The Labute approximate surface area is 101 Å². The van der Waals surface area contributed by atoms with E-state index in [2.05, 4.69) is 4.52 Å². The monoisotopic (exact) mass is 290 g/mol. The number of phosphoric acid groups is 1. The van der Waals surface area contributed by atoms with Gasteiger partial charge in [-0.25, -0.2) is 4.57 Å². The lowest BCUT2D eigenvalue weighted by Crippen LogP contribution is -2.66. The molecule has 1 saturated heterocycles. The van der Waals surface area contributed by atoms with Gasteiger partial charge in [-0.05, 0) is 0 Å². The molecule has 10 nitrogen and oxygen atoms in total. The van der Waals surface area contributed by atoms with Crippen molar-refractivity contribution in [1.82, 2.24) is 0 Å². The van der Waals surface area contributed by atoms with Crippen LogP contribution in [0.15, 0.2) is 0 Å². The number of hydrogen-bond acceptors (Lipinski definition) is 8. The lowest BCUT2D eigenvalue weighted by Gasteiger charge is -2.44. The summed E-state index contributed by atoms with van der Waals surface area (Å²) in [5.41, 5.74) is 0. The molecule has 0 aromatic heterocycles. The van der Waals surface area contributed by atoms with Gasteiger partial charge in [-0.2, -0.15) is 0 Å². The van der Waals surface area contributed by atoms with Crippen LogP contribution in [0, 0.1) is 0 Å². The molecule has 0 aromatic rings. The van der Waals surface area contributed by atoms with Crippen molar-refractivity contribution in [2.24, 2.45) is 0 Å². The van der Waals surface area contributed by atoms with Crippen LogP contribution in [0.3, 0.4) is 0 Å². The Hall–Kier alpha value is -0.130. The van der Waals surface area contributed by atoms with E-state index in [0.29, 0.717) is 0 Å². The quantitative estimate of drug-likeness (QED) is 0.254. The SMILES string of the molecule is O=P(O)(O)OC[C@H]1O[C@@](O)(CO)C(O)C(O)C1O. The smallest absolute Gasteiger partial charge is 0.391 e. The Kier molecular flexibility index (Phi) is 4.84. The Morgan fingerprint density at radius 2 is 1.78 bits per heavy atom. The van der Waals surface area contributed by atoms with Gasteiger partial charge in [0.15, 0.2) is 0 Å². The zero-order valence-corrected chi connectivity index (χ0v) is 9.92. The van der Waals surface area contributed by atoms with Crippen LogP contribution in [0.2, 0.25) is 0 Å². The number of aliphatic hydroxyl groups excluding tert-OH is 4. The Bertz CT molecular complexity index is 330. The second-order valence-corrected chi connectivity index (χ2v) is 5.11. The number of aliphatic hydroxyl groups is 5. The highest BCUT2D eigenvalue weighted by molar-refractivity contribution is 7.46. The first-order valence-corrected chi connectivity index (χ1v) is 6.39. The predicted octanol–water partition coefficient (Wildman–Crippen LogP) is -3.74. The van der Waals surface area contributed by atoms with Crippen molar-refractivity contribution in [2.75, 3.05) is 13.2 Å². The van der Waals surface area contributed by atoms with Crippen molar-refractivity contribution in [3.05, 3.63) is 0 Å².